The van der Waals surface area contributed by atoms with Crippen molar-refractivity contribution in [2.24, 2.45) is 0 Å². The number of fused-ring (bicyclic) bond motifs is 1. The van der Waals surface area contributed by atoms with Crippen LogP contribution in [0.3, 0.4) is 0 Å². The summed E-state index contributed by atoms with van der Waals surface area (Å²) in [4.78, 5) is 12.3. The first-order chi connectivity index (χ1) is 9.70. The molecule has 0 saturated carbocycles. The minimum absolute atomic E-state index is 0.124. The number of benzene rings is 1. The van der Waals surface area contributed by atoms with E-state index in [1.165, 1.54) is 5.57 Å². The van der Waals surface area contributed by atoms with Gasteiger partial charge in [0.05, 0.1) is 0 Å². The van der Waals surface area contributed by atoms with Crippen molar-refractivity contribution < 1.29 is 4.79 Å². The lowest BCUT2D eigenvalue weighted by molar-refractivity contribution is -0.111. The fourth-order valence-electron chi connectivity index (χ4n) is 3.02. The van der Waals surface area contributed by atoms with Gasteiger partial charge in [-0.1, -0.05) is 37.3 Å². The van der Waals surface area contributed by atoms with Crippen molar-refractivity contribution in [2.45, 2.75) is 32.6 Å². The van der Waals surface area contributed by atoms with Crippen LogP contribution in [0, 0.1) is 0 Å². The molecule has 0 atom stereocenters. The molecular formula is C18H19NO. The highest BCUT2D eigenvalue weighted by Crippen LogP contribution is 2.37. The molecule has 3 rings (SSSR count). The largest absolute Gasteiger partial charge is 0.398 e. The summed E-state index contributed by atoms with van der Waals surface area (Å²) >= 11 is 0. The molecule has 2 heteroatoms. The normalized spacial score (nSPS) is 18.1. The van der Waals surface area contributed by atoms with E-state index >= 15 is 0 Å². The van der Waals surface area contributed by atoms with Crippen molar-refractivity contribution in [3.63, 3.8) is 0 Å². The zero-order chi connectivity index (χ0) is 14.1. The molecule has 0 aliphatic heterocycles. The van der Waals surface area contributed by atoms with Crippen LogP contribution in [-0.2, 0) is 11.2 Å². The fourth-order valence-corrected chi connectivity index (χ4v) is 3.02. The molecule has 102 valence electrons. The average molecular weight is 265 g/mol. The second kappa shape index (κ2) is 5.12. The Bertz CT molecular complexity index is 662. The van der Waals surface area contributed by atoms with Gasteiger partial charge in [-0.15, -0.1) is 0 Å². The van der Waals surface area contributed by atoms with Crippen molar-refractivity contribution in [1.82, 2.24) is 0 Å². The second-order valence-corrected chi connectivity index (χ2v) is 5.37. The smallest absolute Gasteiger partial charge is 0.186 e. The molecule has 2 aliphatic carbocycles. The summed E-state index contributed by atoms with van der Waals surface area (Å²) in [5, 5.41) is 0. The van der Waals surface area contributed by atoms with E-state index in [4.69, 9.17) is 5.73 Å². The number of allylic oxidation sites excluding steroid dienone is 6. The first-order valence-electron chi connectivity index (χ1n) is 7.23. The van der Waals surface area contributed by atoms with Crippen LogP contribution in [0.1, 0.15) is 37.3 Å². The molecule has 0 heterocycles. The van der Waals surface area contributed by atoms with E-state index in [-0.39, 0.29) is 5.78 Å². The maximum absolute atomic E-state index is 12.3. The van der Waals surface area contributed by atoms with E-state index < -0.39 is 0 Å². The van der Waals surface area contributed by atoms with Crippen LogP contribution in [-0.4, -0.2) is 5.78 Å². The quantitative estimate of drug-likeness (QED) is 0.826. The summed E-state index contributed by atoms with van der Waals surface area (Å²) in [5.74, 6) is 0.124. The molecule has 0 spiro atoms. The van der Waals surface area contributed by atoms with Gasteiger partial charge in [0.25, 0.3) is 0 Å². The Kier molecular flexibility index (Phi) is 3.31. The summed E-state index contributed by atoms with van der Waals surface area (Å²) in [6.07, 6.45) is 9.76. The van der Waals surface area contributed by atoms with E-state index in [0.717, 1.165) is 53.6 Å². The highest BCUT2D eigenvalue weighted by molar-refractivity contribution is 6.14. The molecule has 0 fully saturated rings. The Morgan fingerprint density at radius 3 is 2.75 bits per heavy atom. The second-order valence-electron chi connectivity index (χ2n) is 5.37. The van der Waals surface area contributed by atoms with Crippen LogP contribution in [0.4, 0.5) is 5.69 Å². The molecule has 2 N–H and O–H groups in total. The predicted molar refractivity (Wildman–Crippen MR) is 83.2 cm³/mol. The van der Waals surface area contributed by atoms with Gasteiger partial charge in [0.1, 0.15) is 0 Å². The Morgan fingerprint density at radius 1 is 1.15 bits per heavy atom. The number of hydrogen-bond donors (Lipinski definition) is 1. The summed E-state index contributed by atoms with van der Waals surface area (Å²) in [6.45, 7) is 2.10. The van der Waals surface area contributed by atoms with Crippen LogP contribution in [0.5, 0.6) is 0 Å². The molecule has 2 aliphatic rings. The summed E-state index contributed by atoms with van der Waals surface area (Å²) < 4.78 is 0. The summed E-state index contributed by atoms with van der Waals surface area (Å²) in [5.41, 5.74) is 12.3. The Balaban J connectivity index is 2.06. The fraction of sp³-hybridized carbons (Fsp3) is 0.278. The molecule has 0 bridgehead atoms. The number of anilines is 1. The molecule has 0 aromatic heterocycles. The third-order valence-corrected chi connectivity index (χ3v) is 4.13. The van der Waals surface area contributed by atoms with Gasteiger partial charge in [0.2, 0.25) is 0 Å². The molecule has 0 unspecified atom stereocenters. The van der Waals surface area contributed by atoms with Crippen molar-refractivity contribution in [1.29, 1.82) is 0 Å². The number of hydrogen-bond acceptors (Lipinski definition) is 2. The third kappa shape index (κ3) is 2.11. The number of nitrogen functional groups attached to an aromatic ring is 1. The van der Waals surface area contributed by atoms with Crippen molar-refractivity contribution >= 4 is 17.0 Å². The molecule has 2 nitrogen and oxygen atoms in total. The number of carbonyl (C=O) groups excluding carboxylic acids is 1. The zero-order valence-corrected chi connectivity index (χ0v) is 11.8. The molecule has 0 radical (unpaired) electrons. The molecule has 1 aromatic rings. The van der Waals surface area contributed by atoms with Gasteiger partial charge in [-0.3, -0.25) is 4.79 Å². The topological polar surface area (TPSA) is 43.1 Å². The minimum atomic E-state index is 0.124. The van der Waals surface area contributed by atoms with E-state index in [0.29, 0.717) is 0 Å². The number of rotatable bonds is 2. The first kappa shape index (κ1) is 12.9. The van der Waals surface area contributed by atoms with Crippen molar-refractivity contribution in [3.05, 3.63) is 58.7 Å². The summed E-state index contributed by atoms with van der Waals surface area (Å²) in [6, 6.07) is 6.09. The predicted octanol–water partition coefficient (Wildman–Crippen LogP) is 3.83. The van der Waals surface area contributed by atoms with Crippen molar-refractivity contribution in [2.75, 3.05) is 5.73 Å². The van der Waals surface area contributed by atoms with Crippen LogP contribution in [0.2, 0.25) is 0 Å². The van der Waals surface area contributed by atoms with Crippen LogP contribution in [0.25, 0.3) is 5.57 Å². The first-order valence-corrected chi connectivity index (χ1v) is 7.23. The van der Waals surface area contributed by atoms with Gasteiger partial charge in [-0.05, 0) is 48.5 Å². The number of ketones is 1. The molecule has 0 amide bonds. The average Bonchev–Trinajstić information content (AvgIpc) is 2.47. The highest BCUT2D eigenvalue weighted by atomic mass is 16.1. The van der Waals surface area contributed by atoms with Crippen LogP contribution < -0.4 is 5.73 Å². The van der Waals surface area contributed by atoms with E-state index in [9.17, 15) is 4.79 Å². The maximum atomic E-state index is 12.3. The minimum Gasteiger partial charge on any atom is -0.398 e. The summed E-state index contributed by atoms with van der Waals surface area (Å²) in [7, 11) is 0. The Hall–Kier alpha value is -2.09. The number of aryl methyl sites for hydroxylation is 1. The lowest BCUT2D eigenvalue weighted by atomic mass is 9.81. The molecule has 1 aromatic carbocycles. The molecule has 0 saturated heterocycles. The van der Waals surface area contributed by atoms with Gasteiger partial charge < -0.3 is 5.73 Å². The van der Waals surface area contributed by atoms with Gasteiger partial charge in [-0.25, -0.2) is 0 Å². The third-order valence-electron chi connectivity index (χ3n) is 4.13. The van der Waals surface area contributed by atoms with Crippen LogP contribution in [0.15, 0.2) is 47.6 Å². The van der Waals surface area contributed by atoms with Gasteiger partial charge in [0.15, 0.2) is 5.78 Å². The number of para-hydroxylation sites is 1. The van der Waals surface area contributed by atoms with E-state index in [2.05, 4.69) is 25.1 Å². The highest BCUT2D eigenvalue weighted by Gasteiger charge is 2.23. The van der Waals surface area contributed by atoms with Gasteiger partial charge in [0, 0.05) is 16.8 Å². The Morgan fingerprint density at radius 2 is 1.95 bits per heavy atom. The zero-order valence-electron chi connectivity index (χ0n) is 11.8. The molecular weight excluding hydrogens is 246 g/mol. The lowest BCUT2D eigenvalue weighted by Gasteiger charge is -2.22. The van der Waals surface area contributed by atoms with Gasteiger partial charge >= 0.3 is 0 Å². The standard InChI is InChI=1S/C18H19NO/c1-2-12-7-5-9-16(18(12)19)14-10-13-6-3-4-8-15(13)17(20)11-14/h5-9,11H,2-4,10,19H2,1H3. The van der Waals surface area contributed by atoms with Crippen LogP contribution >= 0.6 is 0 Å². The van der Waals surface area contributed by atoms with Crippen molar-refractivity contribution in [3.8, 4) is 0 Å². The monoisotopic (exact) mass is 265 g/mol. The van der Waals surface area contributed by atoms with Gasteiger partial charge in [-0.2, -0.15) is 0 Å². The maximum Gasteiger partial charge on any atom is 0.186 e. The van der Waals surface area contributed by atoms with E-state index in [1.807, 2.05) is 12.1 Å². The van der Waals surface area contributed by atoms with E-state index in [1.54, 1.807) is 6.08 Å². The SMILES string of the molecule is CCc1cccc(C2=CC(=O)C3=CCCC=C3C2)c1N. The lowest BCUT2D eigenvalue weighted by Crippen LogP contribution is -2.12. The number of nitrogens with two attached hydrogens (primary N) is 1. The number of carbonyl (C=O) groups is 1. The Labute approximate surface area is 119 Å². The molecule has 20 heavy (non-hydrogen) atoms.